The standard InChI is InChI=1S/C18H18N4OS/c1-12-20-17(11-24-12)13-4-6-14(7-5-13)18(23)19-10-15-9-16-3-2-8-22(16)21-15/h4-7,9,11H,2-3,8,10H2,1H3,(H,19,23). The van der Waals surface area contributed by atoms with E-state index in [0.29, 0.717) is 12.1 Å². The highest BCUT2D eigenvalue weighted by atomic mass is 32.1. The molecule has 0 fully saturated rings. The zero-order valence-corrected chi connectivity index (χ0v) is 14.3. The SMILES string of the molecule is Cc1nc(-c2ccc(C(=O)NCc3cc4n(n3)CCC4)cc2)cs1. The third kappa shape index (κ3) is 2.97. The van der Waals surface area contributed by atoms with Gasteiger partial charge < -0.3 is 5.32 Å². The van der Waals surface area contributed by atoms with Gasteiger partial charge in [0.25, 0.3) is 5.91 Å². The Labute approximate surface area is 144 Å². The molecule has 0 radical (unpaired) electrons. The average Bonchev–Trinajstić information content (AvgIpc) is 3.28. The quantitative estimate of drug-likeness (QED) is 0.795. The smallest absolute Gasteiger partial charge is 0.251 e. The number of aromatic nitrogens is 3. The van der Waals surface area contributed by atoms with Crippen molar-refractivity contribution in [2.45, 2.75) is 32.9 Å². The molecule has 0 bridgehead atoms. The van der Waals surface area contributed by atoms with Gasteiger partial charge >= 0.3 is 0 Å². The maximum absolute atomic E-state index is 12.3. The summed E-state index contributed by atoms with van der Waals surface area (Å²) in [5, 5.41) is 10.5. The predicted octanol–water partition coefficient (Wildman–Crippen LogP) is 3.19. The van der Waals surface area contributed by atoms with E-state index in [2.05, 4.69) is 21.5 Å². The van der Waals surface area contributed by atoms with E-state index in [9.17, 15) is 4.79 Å². The molecule has 3 heterocycles. The van der Waals surface area contributed by atoms with Crippen LogP contribution in [0.5, 0.6) is 0 Å². The fourth-order valence-electron chi connectivity index (χ4n) is 2.97. The van der Waals surface area contributed by atoms with Gasteiger partial charge in [-0.25, -0.2) is 4.98 Å². The minimum absolute atomic E-state index is 0.0795. The number of fused-ring (bicyclic) bond motifs is 1. The summed E-state index contributed by atoms with van der Waals surface area (Å²) in [4.78, 5) is 16.7. The molecule has 0 aliphatic carbocycles. The molecule has 0 saturated carbocycles. The molecule has 0 atom stereocenters. The summed E-state index contributed by atoms with van der Waals surface area (Å²) in [5.41, 5.74) is 4.82. The van der Waals surface area contributed by atoms with Crippen LogP contribution in [0.2, 0.25) is 0 Å². The van der Waals surface area contributed by atoms with Gasteiger partial charge in [-0.2, -0.15) is 5.10 Å². The van der Waals surface area contributed by atoms with Crippen molar-refractivity contribution in [2.24, 2.45) is 0 Å². The number of nitrogens with zero attached hydrogens (tertiary/aromatic N) is 3. The summed E-state index contributed by atoms with van der Waals surface area (Å²) in [6, 6.07) is 9.64. The van der Waals surface area contributed by atoms with Crippen LogP contribution in [0.3, 0.4) is 0 Å². The van der Waals surface area contributed by atoms with Gasteiger partial charge in [0.1, 0.15) is 0 Å². The first-order valence-electron chi connectivity index (χ1n) is 8.05. The Balaban J connectivity index is 1.40. The van der Waals surface area contributed by atoms with Crippen LogP contribution in [-0.4, -0.2) is 20.7 Å². The number of amides is 1. The Morgan fingerprint density at radius 2 is 2.17 bits per heavy atom. The Hall–Kier alpha value is -2.47. The summed E-state index contributed by atoms with van der Waals surface area (Å²) in [7, 11) is 0. The van der Waals surface area contributed by atoms with Crippen molar-refractivity contribution in [1.82, 2.24) is 20.1 Å². The zero-order chi connectivity index (χ0) is 16.5. The molecule has 1 aliphatic rings. The van der Waals surface area contributed by atoms with Crippen LogP contribution < -0.4 is 5.32 Å². The predicted molar refractivity (Wildman–Crippen MR) is 94.0 cm³/mol. The molecule has 0 spiro atoms. The highest BCUT2D eigenvalue weighted by molar-refractivity contribution is 7.09. The summed E-state index contributed by atoms with van der Waals surface area (Å²) >= 11 is 1.63. The first kappa shape index (κ1) is 15.1. The van der Waals surface area contributed by atoms with Gasteiger partial charge in [-0.1, -0.05) is 12.1 Å². The van der Waals surface area contributed by atoms with Gasteiger partial charge in [0.15, 0.2) is 0 Å². The number of carbonyl (C=O) groups excluding carboxylic acids is 1. The van der Waals surface area contributed by atoms with Crippen LogP contribution >= 0.6 is 11.3 Å². The normalized spacial score (nSPS) is 13.0. The van der Waals surface area contributed by atoms with E-state index in [4.69, 9.17) is 0 Å². The monoisotopic (exact) mass is 338 g/mol. The minimum atomic E-state index is -0.0795. The highest BCUT2D eigenvalue weighted by Gasteiger charge is 2.14. The molecule has 1 aromatic carbocycles. The first-order chi connectivity index (χ1) is 11.7. The van der Waals surface area contributed by atoms with Gasteiger partial charge in [0.05, 0.1) is 22.9 Å². The lowest BCUT2D eigenvalue weighted by Gasteiger charge is -2.04. The molecule has 2 aromatic heterocycles. The number of rotatable bonds is 4. The van der Waals surface area contributed by atoms with Crippen LogP contribution in [0.4, 0.5) is 0 Å². The topological polar surface area (TPSA) is 59.8 Å². The number of aryl methyl sites for hydroxylation is 3. The Morgan fingerprint density at radius 3 is 2.88 bits per heavy atom. The van der Waals surface area contributed by atoms with Gasteiger partial charge in [0.2, 0.25) is 0 Å². The lowest BCUT2D eigenvalue weighted by Crippen LogP contribution is -2.23. The van der Waals surface area contributed by atoms with Gasteiger partial charge in [-0.15, -0.1) is 11.3 Å². The maximum atomic E-state index is 12.3. The molecule has 1 aliphatic heterocycles. The molecule has 1 amide bonds. The van der Waals surface area contributed by atoms with Crippen molar-refractivity contribution >= 4 is 17.2 Å². The van der Waals surface area contributed by atoms with Crippen LogP contribution in [0.25, 0.3) is 11.3 Å². The molecule has 5 nitrogen and oxygen atoms in total. The second-order valence-corrected chi connectivity index (χ2v) is 7.03. The summed E-state index contributed by atoms with van der Waals surface area (Å²) in [6.45, 7) is 3.44. The lowest BCUT2D eigenvalue weighted by atomic mass is 10.1. The van der Waals surface area contributed by atoms with E-state index in [1.807, 2.05) is 41.3 Å². The summed E-state index contributed by atoms with van der Waals surface area (Å²) in [5.74, 6) is -0.0795. The van der Waals surface area contributed by atoms with Gasteiger partial charge in [-0.05, 0) is 38.0 Å². The van der Waals surface area contributed by atoms with Crippen LogP contribution in [-0.2, 0) is 19.5 Å². The van der Waals surface area contributed by atoms with Crippen molar-refractivity contribution in [3.05, 3.63) is 57.7 Å². The number of hydrogen-bond donors (Lipinski definition) is 1. The van der Waals surface area contributed by atoms with E-state index in [-0.39, 0.29) is 5.91 Å². The van der Waals surface area contributed by atoms with Crippen LogP contribution in [0, 0.1) is 6.92 Å². The highest BCUT2D eigenvalue weighted by Crippen LogP contribution is 2.22. The zero-order valence-electron chi connectivity index (χ0n) is 13.5. The van der Waals surface area contributed by atoms with Crippen LogP contribution in [0.15, 0.2) is 35.7 Å². The number of thiazole rings is 1. The van der Waals surface area contributed by atoms with Crippen molar-refractivity contribution in [1.29, 1.82) is 0 Å². The molecule has 24 heavy (non-hydrogen) atoms. The van der Waals surface area contributed by atoms with E-state index >= 15 is 0 Å². The largest absolute Gasteiger partial charge is 0.346 e. The molecule has 0 saturated heterocycles. The average molecular weight is 338 g/mol. The molecule has 122 valence electrons. The second kappa shape index (κ2) is 6.20. The fraction of sp³-hybridized carbons (Fsp3) is 0.278. The van der Waals surface area contributed by atoms with Gasteiger partial charge in [0, 0.05) is 28.7 Å². The molecule has 1 N–H and O–H groups in total. The van der Waals surface area contributed by atoms with E-state index in [1.165, 1.54) is 12.1 Å². The molecular formula is C18H18N4OS. The van der Waals surface area contributed by atoms with Crippen molar-refractivity contribution in [3.8, 4) is 11.3 Å². The van der Waals surface area contributed by atoms with Gasteiger partial charge in [-0.3, -0.25) is 9.48 Å². The number of nitrogens with one attached hydrogen (secondary N) is 1. The molecule has 6 heteroatoms. The van der Waals surface area contributed by atoms with Crippen molar-refractivity contribution in [2.75, 3.05) is 0 Å². The third-order valence-corrected chi connectivity index (χ3v) is 4.98. The Morgan fingerprint density at radius 1 is 1.33 bits per heavy atom. The number of carbonyl (C=O) groups is 1. The van der Waals surface area contributed by atoms with Crippen molar-refractivity contribution < 1.29 is 4.79 Å². The maximum Gasteiger partial charge on any atom is 0.251 e. The van der Waals surface area contributed by atoms with E-state index in [1.54, 1.807) is 11.3 Å². The number of hydrogen-bond acceptors (Lipinski definition) is 4. The summed E-state index contributed by atoms with van der Waals surface area (Å²) in [6.07, 6.45) is 2.25. The van der Waals surface area contributed by atoms with E-state index in [0.717, 1.165) is 34.9 Å². The first-order valence-corrected chi connectivity index (χ1v) is 8.93. The third-order valence-electron chi connectivity index (χ3n) is 4.21. The molecular weight excluding hydrogens is 320 g/mol. The minimum Gasteiger partial charge on any atom is -0.346 e. The lowest BCUT2D eigenvalue weighted by molar-refractivity contribution is 0.0950. The number of benzene rings is 1. The van der Waals surface area contributed by atoms with E-state index < -0.39 is 0 Å². The molecule has 4 rings (SSSR count). The Bertz CT molecular complexity index is 857. The summed E-state index contributed by atoms with van der Waals surface area (Å²) < 4.78 is 2.03. The Kier molecular flexibility index (Phi) is 3.90. The van der Waals surface area contributed by atoms with Crippen molar-refractivity contribution in [3.63, 3.8) is 0 Å². The molecule has 0 unspecified atom stereocenters. The fourth-order valence-corrected chi connectivity index (χ4v) is 3.59. The molecule has 3 aromatic rings. The van der Waals surface area contributed by atoms with Crippen LogP contribution in [0.1, 0.15) is 33.2 Å². The second-order valence-electron chi connectivity index (χ2n) is 5.97.